The number of amides is 1. The fraction of sp³-hybridized carbons (Fsp3) is 0.190. The van der Waals surface area contributed by atoms with E-state index in [1.807, 2.05) is 42.5 Å². The first-order valence-electron chi connectivity index (χ1n) is 8.51. The molecule has 1 aliphatic rings. The van der Waals surface area contributed by atoms with Crippen LogP contribution in [0.5, 0.6) is 0 Å². The van der Waals surface area contributed by atoms with Crippen molar-refractivity contribution in [2.45, 2.75) is 12.5 Å². The molecule has 0 aliphatic carbocycles. The van der Waals surface area contributed by atoms with Gasteiger partial charge in [0.05, 0.1) is 6.04 Å². The van der Waals surface area contributed by atoms with Crippen molar-refractivity contribution in [2.75, 3.05) is 18.0 Å². The number of anilines is 1. The molecule has 3 aromatic rings. The van der Waals surface area contributed by atoms with Crippen LogP contribution in [-0.2, 0) is 0 Å². The summed E-state index contributed by atoms with van der Waals surface area (Å²) in [5.41, 5.74) is 1.40. The number of carbonyl (C=O) groups excluding carboxylic acids is 1. The van der Waals surface area contributed by atoms with Gasteiger partial charge in [-0.1, -0.05) is 36.4 Å². The van der Waals surface area contributed by atoms with Gasteiger partial charge in [0.15, 0.2) is 0 Å². The third-order valence-corrected chi connectivity index (χ3v) is 4.74. The normalized spacial score (nSPS) is 16.9. The van der Waals surface area contributed by atoms with Crippen LogP contribution >= 0.6 is 0 Å². The minimum atomic E-state index is -0.300. The molecule has 0 aromatic heterocycles. The van der Waals surface area contributed by atoms with E-state index in [0.717, 1.165) is 36.0 Å². The van der Waals surface area contributed by atoms with E-state index in [-0.39, 0.29) is 17.8 Å². The van der Waals surface area contributed by atoms with Crippen molar-refractivity contribution in [3.05, 3.63) is 78.1 Å². The Balaban J connectivity index is 1.80. The highest BCUT2D eigenvalue weighted by Crippen LogP contribution is 2.26. The molecule has 0 bridgehead atoms. The molecule has 3 aromatic carbocycles. The zero-order valence-corrected chi connectivity index (χ0v) is 13.8. The number of benzene rings is 3. The highest BCUT2D eigenvalue weighted by molar-refractivity contribution is 6.14. The third kappa shape index (κ3) is 3.01. The quantitative estimate of drug-likeness (QED) is 0.785. The van der Waals surface area contributed by atoms with E-state index in [1.54, 1.807) is 17.0 Å². The van der Waals surface area contributed by atoms with Gasteiger partial charge in [0, 0.05) is 17.8 Å². The Bertz CT molecular complexity index is 896. The molecular formula is C21H19FN2O. The largest absolute Gasteiger partial charge is 0.315 e. The SMILES string of the molecule is O=C(c1cccc2ccccc12)N(c1ccc(F)cc1)C1CCNC1. The Morgan fingerprint density at radius 3 is 2.52 bits per heavy atom. The molecule has 1 aliphatic heterocycles. The lowest BCUT2D eigenvalue weighted by Crippen LogP contribution is -2.42. The highest BCUT2D eigenvalue weighted by atomic mass is 19.1. The number of hydrogen-bond acceptors (Lipinski definition) is 2. The number of rotatable bonds is 3. The summed E-state index contributed by atoms with van der Waals surface area (Å²) in [4.78, 5) is 15.2. The lowest BCUT2D eigenvalue weighted by Gasteiger charge is -2.29. The van der Waals surface area contributed by atoms with E-state index in [9.17, 15) is 9.18 Å². The van der Waals surface area contributed by atoms with E-state index in [0.29, 0.717) is 5.56 Å². The summed E-state index contributed by atoms with van der Waals surface area (Å²) < 4.78 is 13.3. The van der Waals surface area contributed by atoms with Crippen LogP contribution in [0.4, 0.5) is 10.1 Å². The van der Waals surface area contributed by atoms with E-state index in [1.165, 1.54) is 12.1 Å². The van der Waals surface area contributed by atoms with Gasteiger partial charge in [-0.3, -0.25) is 4.79 Å². The van der Waals surface area contributed by atoms with Crippen LogP contribution in [-0.4, -0.2) is 25.0 Å². The molecule has 1 amide bonds. The summed E-state index contributed by atoms with van der Waals surface area (Å²) in [5, 5.41) is 5.29. The van der Waals surface area contributed by atoms with Gasteiger partial charge in [0.25, 0.3) is 5.91 Å². The van der Waals surface area contributed by atoms with Crippen molar-refractivity contribution in [3.8, 4) is 0 Å². The molecule has 0 saturated carbocycles. The van der Waals surface area contributed by atoms with Gasteiger partial charge in [-0.25, -0.2) is 4.39 Å². The molecule has 1 saturated heterocycles. The fourth-order valence-corrected chi connectivity index (χ4v) is 3.50. The van der Waals surface area contributed by atoms with Crippen molar-refractivity contribution in [2.24, 2.45) is 0 Å². The number of fused-ring (bicyclic) bond motifs is 1. The van der Waals surface area contributed by atoms with Crippen molar-refractivity contribution >= 4 is 22.4 Å². The topological polar surface area (TPSA) is 32.3 Å². The van der Waals surface area contributed by atoms with Crippen LogP contribution in [0.15, 0.2) is 66.7 Å². The van der Waals surface area contributed by atoms with E-state index >= 15 is 0 Å². The lowest BCUT2D eigenvalue weighted by molar-refractivity contribution is 0.0980. The lowest BCUT2D eigenvalue weighted by atomic mass is 10.0. The average molecular weight is 334 g/mol. The second kappa shape index (κ2) is 6.65. The van der Waals surface area contributed by atoms with Crippen LogP contribution in [0.2, 0.25) is 0 Å². The number of halogens is 1. The van der Waals surface area contributed by atoms with Crippen molar-refractivity contribution in [1.29, 1.82) is 0 Å². The van der Waals surface area contributed by atoms with Gasteiger partial charge in [0.1, 0.15) is 5.82 Å². The first-order valence-corrected chi connectivity index (χ1v) is 8.51. The van der Waals surface area contributed by atoms with Gasteiger partial charge in [-0.15, -0.1) is 0 Å². The smallest absolute Gasteiger partial charge is 0.259 e. The Labute approximate surface area is 146 Å². The molecule has 126 valence electrons. The molecule has 1 N–H and O–H groups in total. The summed E-state index contributed by atoms with van der Waals surface area (Å²) in [6, 6.07) is 19.9. The number of nitrogens with one attached hydrogen (secondary N) is 1. The van der Waals surface area contributed by atoms with Gasteiger partial charge >= 0.3 is 0 Å². The third-order valence-electron chi connectivity index (χ3n) is 4.74. The van der Waals surface area contributed by atoms with E-state index < -0.39 is 0 Å². The molecule has 25 heavy (non-hydrogen) atoms. The molecule has 3 nitrogen and oxygen atoms in total. The number of hydrogen-bond donors (Lipinski definition) is 1. The summed E-state index contributed by atoms with van der Waals surface area (Å²) in [5.74, 6) is -0.344. The molecular weight excluding hydrogens is 315 g/mol. The Morgan fingerprint density at radius 1 is 1.00 bits per heavy atom. The van der Waals surface area contributed by atoms with Crippen molar-refractivity contribution < 1.29 is 9.18 Å². The van der Waals surface area contributed by atoms with Crippen LogP contribution in [0.3, 0.4) is 0 Å². The van der Waals surface area contributed by atoms with E-state index in [2.05, 4.69) is 5.32 Å². The first kappa shape index (κ1) is 15.8. The Hall–Kier alpha value is -2.72. The van der Waals surface area contributed by atoms with Crippen LogP contribution < -0.4 is 10.2 Å². The van der Waals surface area contributed by atoms with Gasteiger partial charge in [0.2, 0.25) is 0 Å². The minimum Gasteiger partial charge on any atom is -0.315 e. The summed E-state index contributed by atoms with van der Waals surface area (Å²) in [7, 11) is 0. The van der Waals surface area contributed by atoms with E-state index in [4.69, 9.17) is 0 Å². The zero-order valence-electron chi connectivity index (χ0n) is 13.8. The zero-order chi connectivity index (χ0) is 17.2. The standard InChI is InChI=1S/C21H19FN2O/c22-16-8-10-17(11-9-16)24(18-12-13-23-14-18)21(25)20-7-3-5-15-4-1-2-6-19(15)20/h1-11,18,23H,12-14H2. The maximum atomic E-state index is 13.4. The maximum absolute atomic E-state index is 13.4. The Morgan fingerprint density at radius 2 is 1.76 bits per heavy atom. The minimum absolute atomic E-state index is 0.0443. The van der Waals surface area contributed by atoms with Crippen molar-refractivity contribution in [1.82, 2.24) is 5.32 Å². The molecule has 1 atom stereocenters. The molecule has 1 fully saturated rings. The second-order valence-corrected chi connectivity index (χ2v) is 6.32. The van der Waals surface area contributed by atoms with Crippen LogP contribution in [0, 0.1) is 5.82 Å². The molecule has 1 heterocycles. The monoisotopic (exact) mass is 334 g/mol. The summed E-state index contributed by atoms with van der Waals surface area (Å²) in [6.07, 6.45) is 0.883. The predicted octanol–water partition coefficient (Wildman–Crippen LogP) is 3.99. The Kier molecular flexibility index (Phi) is 4.20. The fourth-order valence-electron chi connectivity index (χ4n) is 3.50. The summed E-state index contributed by atoms with van der Waals surface area (Å²) in [6.45, 7) is 1.62. The molecule has 1 unspecified atom stereocenters. The first-order chi connectivity index (χ1) is 12.2. The second-order valence-electron chi connectivity index (χ2n) is 6.32. The average Bonchev–Trinajstić information content (AvgIpc) is 3.17. The van der Waals surface area contributed by atoms with Crippen LogP contribution in [0.1, 0.15) is 16.8 Å². The predicted molar refractivity (Wildman–Crippen MR) is 98.4 cm³/mol. The van der Waals surface area contributed by atoms with Gasteiger partial charge in [-0.2, -0.15) is 0 Å². The molecule has 4 rings (SSSR count). The van der Waals surface area contributed by atoms with Gasteiger partial charge in [-0.05, 0) is 54.1 Å². The molecule has 0 radical (unpaired) electrons. The van der Waals surface area contributed by atoms with Gasteiger partial charge < -0.3 is 10.2 Å². The van der Waals surface area contributed by atoms with Crippen LogP contribution in [0.25, 0.3) is 10.8 Å². The number of carbonyl (C=O) groups is 1. The molecule has 4 heteroatoms. The highest BCUT2D eigenvalue weighted by Gasteiger charge is 2.29. The number of nitrogens with zero attached hydrogens (tertiary/aromatic N) is 1. The summed E-state index contributed by atoms with van der Waals surface area (Å²) >= 11 is 0. The van der Waals surface area contributed by atoms with Crippen molar-refractivity contribution in [3.63, 3.8) is 0 Å². The molecule has 0 spiro atoms. The maximum Gasteiger partial charge on any atom is 0.259 e.